The molecule has 1 fully saturated rings. The minimum atomic E-state index is -3.50. The predicted molar refractivity (Wildman–Crippen MR) is 62.6 cm³/mol. The van der Waals surface area contributed by atoms with Crippen LogP contribution in [0.25, 0.3) is 0 Å². The molecule has 1 aliphatic carbocycles. The van der Waals surface area contributed by atoms with Crippen LogP contribution >= 0.6 is 0 Å². The van der Waals surface area contributed by atoms with Crippen molar-refractivity contribution < 1.29 is 8.42 Å². The largest absolute Gasteiger partial charge is 0.276 e. The first kappa shape index (κ1) is 11.1. The van der Waals surface area contributed by atoms with Crippen molar-refractivity contribution in [1.29, 1.82) is 0 Å². The maximum Gasteiger partial charge on any atom is 0.276 e. The van der Waals surface area contributed by atoms with Crippen LogP contribution in [0.5, 0.6) is 0 Å². The summed E-state index contributed by atoms with van der Waals surface area (Å²) in [5.74, 6) is 0.471. The molecule has 0 heterocycles. The van der Waals surface area contributed by atoms with Gasteiger partial charge in [0, 0.05) is 5.71 Å². The summed E-state index contributed by atoms with van der Waals surface area (Å²) >= 11 is 0. The summed E-state index contributed by atoms with van der Waals surface area (Å²) in [6.45, 7) is 1.85. The topological polar surface area (TPSA) is 58.5 Å². The van der Waals surface area contributed by atoms with Crippen LogP contribution in [-0.2, 0) is 10.0 Å². The van der Waals surface area contributed by atoms with Crippen molar-refractivity contribution in [2.45, 2.75) is 24.7 Å². The van der Waals surface area contributed by atoms with E-state index >= 15 is 0 Å². The molecule has 0 spiro atoms. The molecule has 1 aromatic rings. The molecule has 16 heavy (non-hydrogen) atoms. The Morgan fingerprint density at radius 2 is 1.94 bits per heavy atom. The lowest BCUT2D eigenvalue weighted by Crippen LogP contribution is -2.20. The highest BCUT2D eigenvalue weighted by Crippen LogP contribution is 2.30. The second kappa shape index (κ2) is 4.25. The van der Waals surface area contributed by atoms with Crippen LogP contribution in [0, 0.1) is 5.92 Å². The Morgan fingerprint density at radius 1 is 1.31 bits per heavy atom. The maximum atomic E-state index is 11.8. The van der Waals surface area contributed by atoms with Gasteiger partial charge in [-0.25, -0.2) is 4.83 Å². The third kappa shape index (κ3) is 2.61. The van der Waals surface area contributed by atoms with E-state index in [0.717, 1.165) is 18.6 Å². The Morgan fingerprint density at radius 3 is 2.50 bits per heavy atom. The van der Waals surface area contributed by atoms with Gasteiger partial charge in [-0.05, 0) is 37.8 Å². The van der Waals surface area contributed by atoms with E-state index in [-0.39, 0.29) is 4.90 Å². The van der Waals surface area contributed by atoms with Crippen LogP contribution in [0.2, 0.25) is 0 Å². The van der Waals surface area contributed by atoms with Crippen molar-refractivity contribution in [2.75, 3.05) is 0 Å². The number of hydrogen-bond donors (Lipinski definition) is 1. The van der Waals surface area contributed by atoms with Gasteiger partial charge in [0.25, 0.3) is 10.0 Å². The molecule has 1 aliphatic rings. The molecule has 0 radical (unpaired) electrons. The summed E-state index contributed by atoms with van der Waals surface area (Å²) in [6, 6.07) is 8.24. The van der Waals surface area contributed by atoms with E-state index in [0.29, 0.717) is 5.92 Å². The smallest absolute Gasteiger partial charge is 0.200 e. The van der Waals surface area contributed by atoms with E-state index in [1.54, 1.807) is 30.3 Å². The molecule has 0 atom stereocenters. The maximum absolute atomic E-state index is 11.8. The summed E-state index contributed by atoms with van der Waals surface area (Å²) in [7, 11) is -3.50. The molecule has 4 nitrogen and oxygen atoms in total. The van der Waals surface area contributed by atoms with Gasteiger partial charge in [0.1, 0.15) is 0 Å². The number of rotatable bonds is 4. The quantitative estimate of drug-likeness (QED) is 0.641. The highest BCUT2D eigenvalue weighted by atomic mass is 32.2. The number of nitrogens with one attached hydrogen (secondary N) is 1. The van der Waals surface area contributed by atoms with Crippen molar-refractivity contribution >= 4 is 15.7 Å². The van der Waals surface area contributed by atoms with Crippen LogP contribution in [0.4, 0.5) is 0 Å². The molecule has 5 heteroatoms. The van der Waals surface area contributed by atoms with Crippen molar-refractivity contribution in [2.24, 2.45) is 11.0 Å². The molecule has 0 amide bonds. The molecule has 0 saturated heterocycles. The number of sulfonamides is 1. The zero-order valence-corrected chi connectivity index (χ0v) is 9.87. The summed E-state index contributed by atoms with van der Waals surface area (Å²) < 4.78 is 23.5. The van der Waals surface area contributed by atoms with Crippen LogP contribution in [0.15, 0.2) is 40.3 Å². The minimum Gasteiger partial charge on any atom is -0.200 e. The van der Waals surface area contributed by atoms with Gasteiger partial charge in [-0.3, -0.25) is 0 Å². The van der Waals surface area contributed by atoms with E-state index in [1.165, 1.54) is 0 Å². The Hall–Kier alpha value is -1.36. The van der Waals surface area contributed by atoms with E-state index in [4.69, 9.17) is 0 Å². The minimum absolute atomic E-state index is 0.238. The second-order valence-corrected chi connectivity index (χ2v) is 5.60. The third-order valence-corrected chi connectivity index (χ3v) is 3.79. The molecule has 0 bridgehead atoms. The summed E-state index contributed by atoms with van der Waals surface area (Å²) in [4.78, 5) is 2.49. The highest BCUT2D eigenvalue weighted by molar-refractivity contribution is 7.89. The highest BCUT2D eigenvalue weighted by Gasteiger charge is 2.25. The lowest BCUT2D eigenvalue weighted by Gasteiger charge is -2.04. The molecule has 0 aromatic heterocycles. The molecule has 86 valence electrons. The van der Waals surface area contributed by atoms with Gasteiger partial charge in [0.15, 0.2) is 0 Å². The van der Waals surface area contributed by atoms with Gasteiger partial charge in [-0.2, -0.15) is 13.5 Å². The zero-order valence-electron chi connectivity index (χ0n) is 9.05. The molecule has 0 unspecified atom stereocenters. The average molecular weight is 238 g/mol. The fraction of sp³-hybridized carbons (Fsp3) is 0.364. The number of nitrogens with zero attached hydrogens (tertiary/aromatic N) is 1. The van der Waals surface area contributed by atoms with Gasteiger partial charge in [0.2, 0.25) is 0 Å². The molecule has 2 rings (SSSR count). The number of hydrogen-bond acceptors (Lipinski definition) is 3. The van der Waals surface area contributed by atoms with Gasteiger partial charge >= 0.3 is 0 Å². The monoisotopic (exact) mass is 238 g/mol. The van der Waals surface area contributed by atoms with Crippen LogP contribution in [0.3, 0.4) is 0 Å². The molecule has 1 aromatic carbocycles. The van der Waals surface area contributed by atoms with Gasteiger partial charge in [-0.1, -0.05) is 18.2 Å². The summed E-state index contributed by atoms with van der Waals surface area (Å²) in [5, 5.41) is 3.91. The molecular formula is C11H14N2O2S. The predicted octanol–water partition coefficient (Wildman–Crippen LogP) is 1.75. The van der Waals surface area contributed by atoms with Crippen molar-refractivity contribution in [3.8, 4) is 0 Å². The lowest BCUT2D eigenvalue weighted by molar-refractivity contribution is 0.584. The van der Waals surface area contributed by atoms with Gasteiger partial charge < -0.3 is 0 Å². The van der Waals surface area contributed by atoms with E-state index in [9.17, 15) is 8.42 Å². The molecular weight excluding hydrogens is 224 g/mol. The van der Waals surface area contributed by atoms with Crippen molar-refractivity contribution in [1.82, 2.24) is 4.83 Å². The molecule has 1 N–H and O–H groups in total. The lowest BCUT2D eigenvalue weighted by atomic mass is 10.3. The van der Waals surface area contributed by atoms with Crippen LogP contribution in [-0.4, -0.2) is 14.1 Å². The Bertz CT molecular complexity index is 490. The first-order valence-electron chi connectivity index (χ1n) is 5.20. The fourth-order valence-electron chi connectivity index (χ4n) is 1.38. The second-order valence-electron chi connectivity index (χ2n) is 3.94. The first-order chi connectivity index (χ1) is 7.59. The Balaban J connectivity index is 2.11. The summed E-state index contributed by atoms with van der Waals surface area (Å²) in [5.41, 5.74) is 0.861. The standard InChI is InChI=1S/C11H14N2O2S/c1-9(10-7-8-10)12-13-16(14,15)11-5-3-2-4-6-11/h2-6,10,13H,7-8H2,1H3. The zero-order chi connectivity index (χ0) is 11.6. The van der Waals surface area contributed by atoms with E-state index in [1.807, 2.05) is 6.92 Å². The Kier molecular flexibility index (Phi) is 2.96. The normalized spacial score (nSPS) is 17.2. The van der Waals surface area contributed by atoms with Crippen LogP contribution in [0.1, 0.15) is 19.8 Å². The average Bonchev–Trinajstić information content (AvgIpc) is 3.11. The first-order valence-corrected chi connectivity index (χ1v) is 6.69. The number of hydrazone groups is 1. The van der Waals surface area contributed by atoms with E-state index in [2.05, 4.69) is 9.93 Å². The van der Waals surface area contributed by atoms with Crippen molar-refractivity contribution in [3.63, 3.8) is 0 Å². The third-order valence-electron chi connectivity index (χ3n) is 2.56. The SMILES string of the molecule is CC(=NNS(=O)(=O)c1ccccc1)C1CC1. The summed E-state index contributed by atoms with van der Waals surface area (Å²) in [6.07, 6.45) is 2.23. The number of benzene rings is 1. The Labute approximate surface area is 95.4 Å². The molecule has 1 saturated carbocycles. The van der Waals surface area contributed by atoms with Crippen molar-refractivity contribution in [3.05, 3.63) is 30.3 Å². The van der Waals surface area contributed by atoms with Crippen LogP contribution < -0.4 is 4.83 Å². The van der Waals surface area contributed by atoms with E-state index < -0.39 is 10.0 Å². The van der Waals surface area contributed by atoms with Gasteiger partial charge in [-0.15, -0.1) is 0 Å². The fourth-order valence-corrected chi connectivity index (χ4v) is 2.26. The van der Waals surface area contributed by atoms with Gasteiger partial charge in [0.05, 0.1) is 4.90 Å². The molecule has 0 aliphatic heterocycles.